The summed E-state index contributed by atoms with van der Waals surface area (Å²) < 4.78 is 2.33. The SMILES string of the molecule is CC(C)(C)c1ccc(-c2nnc(SCC(=O)NC3CCCCCC3)n2C2CCCCC2)cc1. The Hall–Kier alpha value is -1.82. The molecule has 1 aromatic heterocycles. The first kappa shape index (κ1) is 24.3. The van der Waals surface area contributed by atoms with Crippen LogP contribution in [0.15, 0.2) is 29.4 Å². The van der Waals surface area contributed by atoms with Gasteiger partial charge in [-0.2, -0.15) is 0 Å². The predicted octanol–water partition coefficient (Wildman–Crippen LogP) is 6.68. The molecule has 180 valence electrons. The largest absolute Gasteiger partial charge is 0.353 e. The Balaban J connectivity index is 1.50. The van der Waals surface area contributed by atoms with Gasteiger partial charge in [0, 0.05) is 17.6 Å². The predicted molar refractivity (Wildman–Crippen MR) is 137 cm³/mol. The topological polar surface area (TPSA) is 59.8 Å². The summed E-state index contributed by atoms with van der Waals surface area (Å²) >= 11 is 1.54. The zero-order valence-corrected chi connectivity index (χ0v) is 21.4. The second-order valence-corrected chi connectivity index (χ2v) is 11.8. The van der Waals surface area contributed by atoms with Crippen molar-refractivity contribution in [2.24, 2.45) is 0 Å². The lowest BCUT2D eigenvalue weighted by atomic mass is 9.86. The molecule has 2 aromatic rings. The van der Waals surface area contributed by atoms with Gasteiger partial charge in [-0.3, -0.25) is 9.36 Å². The summed E-state index contributed by atoms with van der Waals surface area (Å²) in [6.07, 6.45) is 13.4. The smallest absolute Gasteiger partial charge is 0.230 e. The lowest BCUT2D eigenvalue weighted by Crippen LogP contribution is -2.35. The minimum Gasteiger partial charge on any atom is -0.353 e. The molecule has 1 amide bonds. The quantitative estimate of drug-likeness (QED) is 0.379. The van der Waals surface area contributed by atoms with Crippen LogP contribution in [0, 0.1) is 0 Å². The third kappa shape index (κ3) is 6.40. The van der Waals surface area contributed by atoms with Gasteiger partial charge in [-0.1, -0.05) is 102 Å². The number of nitrogens with one attached hydrogen (secondary N) is 1. The van der Waals surface area contributed by atoms with E-state index in [2.05, 4.69) is 65.1 Å². The van der Waals surface area contributed by atoms with E-state index in [0.29, 0.717) is 17.8 Å². The molecule has 2 aliphatic carbocycles. The van der Waals surface area contributed by atoms with E-state index in [1.165, 1.54) is 50.5 Å². The van der Waals surface area contributed by atoms with Crippen LogP contribution in [0.4, 0.5) is 0 Å². The third-order valence-electron chi connectivity index (χ3n) is 7.17. The molecule has 0 aliphatic heterocycles. The highest BCUT2D eigenvalue weighted by Gasteiger charge is 2.25. The van der Waals surface area contributed by atoms with Gasteiger partial charge in [0.05, 0.1) is 5.75 Å². The number of carbonyl (C=O) groups is 1. The van der Waals surface area contributed by atoms with Crippen molar-refractivity contribution in [3.8, 4) is 11.4 Å². The summed E-state index contributed by atoms with van der Waals surface area (Å²) in [4.78, 5) is 12.7. The highest BCUT2D eigenvalue weighted by Crippen LogP contribution is 2.36. The van der Waals surface area contributed by atoms with E-state index in [1.54, 1.807) is 11.8 Å². The average Bonchev–Trinajstić information content (AvgIpc) is 3.07. The number of carbonyl (C=O) groups excluding carboxylic acids is 1. The second kappa shape index (κ2) is 11.1. The van der Waals surface area contributed by atoms with Crippen LogP contribution in [0.3, 0.4) is 0 Å². The molecular weight excluding hydrogens is 428 g/mol. The van der Waals surface area contributed by atoms with Crippen LogP contribution < -0.4 is 5.32 Å². The zero-order valence-electron chi connectivity index (χ0n) is 20.6. The fraction of sp³-hybridized carbons (Fsp3) is 0.667. The van der Waals surface area contributed by atoms with Gasteiger partial charge in [0.15, 0.2) is 11.0 Å². The number of rotatable bonds is 6. The number of hydrogen-bond acceptors (Lipinski definition) is 4. The molecule has 0 radical (unpaired) electrons. The number of benzene rings is 1. The van der Waals surface area contributed by atoms with Gasteiger partial charge in [0.25, 0.3) is 0 Å². The first-order chi connectivity index (χ1) is 15.9. The third-order valence-corrected chi connectivity index (χ3v) is 8.11. The highest BCUT2D eigenvalue weighted by molar-refractivity contribution is 7.99. The van der Waals surface area contributed by atoms with Crippen molar-refractivity contribution in [1.29, 1.82) is 0 Å². The maximum Gasteiger partial charge on any atom is 0.230 e. The molecule has 6 heteroatoms. The van der Waals surface area contributed by atoms with Crippen molar-refractivity contribution in [3.05, 3.63) is 29.8 Å². The van der Waals surface area contributed by atoms with Crippen LogP contribution in [0.5, 0.6) is 0 Å². The molecule has 1 heterocycles. The van der Waals surface area contributed by atoms with Crippen LogP contribution >= 0.6 is 11.8 Å². The van der Waals surface area contributed by atoms with Gasteiger partial charge in [-0.15, -0.1) is 10.2 Å². The van der Waals surface area contributed by atoms with Crippen molar-refractivity contribution in [3.63, 3.8) is 0 Å². The molecule has 5 nitrogen and oxygen atoms in total. The van der Waals surface area contributed by atoms with Crippen molar-refractivity contribution in [2.45, 2.75) is 114 Å². The molecule has 33 heavy (non-hydrogen) atoms. The Morgan fingerprint density at radius 2 is 1.55 bits per heavy atom. The summed E-state index contributed by atoms with van der Waals surface area (Å²) in [7, 11) is 0. The normalized spacial score (nSPS) is 18.8. The fourth-order valence-electron chi connectivity index (χ4n) is 5.18. The van der Waals surface area contributed by atoms with Crippen molar-refractivity contribution in [2.75, 3.05) is 5.75 Å². The van der Waals surface area contributed by atoms with E-state index in [4.69, 9.17) is 0 Å². The molecule has 1 aromatic carbocycles. The number of nitrogens with zero attached hydrogens (tertiary/aromatic N) is 3. The van der Waals surface area contributed by atoms with E-state index >= 15 is 0 Å². The van der Waals surface area contributed by atoms with E-state index in [9.17, 15) is 4.79 Å². The molecular formula is C27H40N4OS. The van der Waals surface area contributed by atoms with E-state index in [0.717, 1.165) is 42.2 Å². The summed E-state index contributed by atoms with van der Waals surface area (Å²) in [6.45, 7) is 6.71. The van der Waals surface area contributed by atoms with Crippen molar-refractivity contribution >= 4 is 17.7 Å². The Kier molecular flexibility index (Phi) is 8.15. The molecule has 0 saturated heterocycles. The molecule has 0 atom stereocenters. The van der Waals surface area contributed by atoms with Crippen LogP contribution in [-0.4, -0.2) is 32.5 Å². The minimum atomic E-state index is 0.126. The summed E-state index contributed by atoms with van der Waals surface area (Å²) in [5.74, 6) is 1.47. The molecule has 2 saturated carbocycles. The molecule has 2 fully saturated rings. The van der Waals surface area contributed by atoms with Gasteiger partial charge in [-0.25, -0.2) is 0 Å². The monoisotopic (exact) mass is 468 g/mol. The minimum absolute atomic E-state index is 0.126. The molecule has 2 aliphatic rings. The van der Waals surface area contributed by atoms with E-state index in [1.807, 2.05) is 0 Å². The van der Waals surface area contributed by atoms with Crippen LogP contribution in [0.2, 0.25) is 0 Å². The van der Waals surface area contributed by atoms with Gasteiger partial charge in [-0.05, 0) is 36.7 Å². The average molecular weight is 469 g/mol. The number of aromatic nitrogens is 3. The molecule has 0 spiro atoms. The van der Waals surface area contributed by atoms with Gasteiger partial charge >= 0.3 is 0 Å². The molecule has 0 bridgehead atoms. The van der Waals surface area contributed by atoms with Gasteiger partial charge < -0.3 is 5.32 Å². The van der Waals surface area contributed by atoms with Crippen molar-refractivity contribution in [1.82, 2.24) is 20.1 Å². The first-order valence-corrected chi connectivity index (χ1v) is 13.9. The standard InChI is InChI=1S/C27H40N4OS/c1-27(2,3)21-17-15-20(16-18-21)25-29-30-26(31(25)23-13-9-6-10-14-23)33-19-24(32)28-22-11-7-4-5-8-12-22/h15-18,22-23H,4-14,19H2,1-3H3,(H,28,32). The van der Waals surface area contributed by atoms with E-state index < -0.39 is 0 Å². The number of thioether (sulfide) groups is 1. The second-order valence-electron chi connectivity index (χ2n) is 10.8. The Bertz CT molecular complexity index is 901. The lowest BCUT2D eigenvalue weighted by Gasteiger charge is -2.26. The number of amides is 1. The van der Waals surface area contributed by atoms with Gasteiger partial charge in [0.1, 0.15) is 0 Å². The maximum absolute atomic E-state index is 12.7. The van der Waals surface area contributed by atoms with Crippen molar-refractivity contribution < 1.29 is 4.79 Å². The van der Waals surface area contributed by atoms with Crippen LogP contribution in [0.25, 0.3) is 11.4 Å². The molecule has 1 N–H and O–H groups in total. The molecule has 0 unspecified atom stereocenters. The van der Waals surface area contributed by atoms with Crippen LogP contribution in [0.1, 0.15) is 103 Å². The lowest BCUT2D eigenvalue weighted by molar-refractivity contribution is -0.119. The van der Waals surface area contributed by atoms with E-state index in [-0.39, 0.29) is 11.3 Å². The Morgan fingerprint density at radius 1 is 0.939 bits per heavy atom. The molecule has 4 rings (SSSR count). The van der Waals surface area contributed by atoms with Gasteiger partial charge in [0.2, 0.25) is 5.91 Å². The number of hydrogen-bond donors (Lipinski definition) is 1. The summed E-state index contributed by atoms with van der Waals surface area (Å²) in [6, 6.07) is 9.53. The zero-order chi connectivity index (χ0) is 23.3. The fourth-order valence-corrected chi connectivity index (χ4v) is 6.00. The van der Waals surface area contributed by atoms with Crippen LogP contribution in [-0.2, 0) is 10.2 Å². The Morgan fingerprint density at radius 3 is 2.18 bits per heavy atom. The maximum atomic E-state index is 12.7. The highest BCUT2D eigenvalue weighted by atomic mass is 32.2. The first-order valence-electron chi connectivity index (χ1n) is 12.9. The Labute approximate surface area is 203 Å². The summed E-state index contributed by atoms with van der Waals surface area (Å²) in [5.41, 5.74) is 2.55. The summed E-state index contributed by atoms with van der Waals surface area (Å²) in [5, 5.41) is 13.3.